The molecule has 5 rings (SSSR count). The molecule has 1 saturated carbocycles. The Morgan fingerprint density at radius 2 is 2.41 bits per heavy atom. The Morgan fingerprint density at radius 1 is 1.55 bits per heavy atom. The van der Waals surface area contributed by atoms with E-state index in [2.05, 4.69) is 0 Å². The summed E-state index contributed by atoms with van der Waals surface area (Å²) in [6.07, 6.45) is -1.52. The number of ketones is 1. The number of piperidine rings is 1. The summed E-state index contributed by atoms with van der Waals surface area (Å²) in [5.74, 6) is 0.415. The second-order valence-corrected chi connectivity index (χ2v) is 6.81. The van der Waals surface area contributed by atoms with Crippen molar-refractivity contribution < 1.29 is 18.4 Å². The molecule has 1 aromatic rings. The van der Waals surface area contributed by atoms with Crippen molar-refractivity contribution in [2.75, 3.05) is 20.7 Å². The van der Waals surface area contributed by atoms with Gasteiger partial charge in [0.15, 0.2) is 23.4 Å². The zero-order valence-corrected chi connectivity index (χ0v) is 12.8. The zero-order chi connectivity index (χ0) is 17.8. The van der Waals surface area contributed by atoms with Crippen LogP contribution in [0.25, 0.3) is 0 Å². The molecule has 0 radical (unpaired) electrons. The monoisotopic (exact) mass is 302 g/mol. The molecule has 1 aromatic carbocycles. The van der Waals surface area contributed by atoms with Crippen molar-refractivity contribution in [2.45, 2.75) is 43.2 Å². The van der Waals surface area contributed by atoms with Crippen LogP contribution in [0.4, 0.5) is 0 Å². The Hall–Kier alpha value is -1.55. The van der Waals surface area contributed by atoms with Crippen molar-refractivity contribution >= 4 is 5.78 Å². The highest BCUT2D eigenvalue weighted by Gasteiger charge is 2.65. The standard InChI is InChI=1S/C18H21NO3/c1-19-8-7-18-11-4-5-13(20)17(18)22-16-14(21-2)6-3-10(15(16)18)9-12(11)19/h3,6,11-12,17H,4-5,7-9H2,1-2H3/t11-,12+,17?,18-/m0/s1/i5D2,12D. The largest absolute Gasteiger partial charge is 0.493 e. The van der Waals surface area contributed by atoms with Gasteiger partial charge in [-0.05, 0) is 50.4 Å². The normalized spacial score (nSPS) is 46.1. The van der Waals surface area contributed by atoms with Crippen molar-refractivity contribution in [3.8, 4) is 11.5 Å². The first kappa shape index (κ1) is 10.3. The maximum absolute atomic E-state index is 12.9. The Morgan fingerprint density at radius 3 is 3.23 bits per heavy atom. The van der Waals surface area contributed by atoms with E-state index in [0.29, 0.717) is 30.9 Å². The molecule has 2 aliphatic carbocycles. The molecule has 0 N–H and O–H groups in total. The third-order valence-electron chi connectivity index (χ3n) is 6.06. The molecule has 22 heavy (non-hydrogen) atoms. The molecule has 2 heterocycles. The predicted molar refractivity (Wildman–Crippen MR) is 81.6 cm³/mol. The lowest BCUT2D eigenvalue weighted by Gasteiger charge is -2.57. The maximum Gasteiger partial charge on any atom is 0.174 e. The number of benzene rings is 1. The summed E-state index contributed by atoms with van der Waals surface area (Å²) in [7, 11) is 3.51. The lowest BCUT2D eigenvalue weighted by Crippen LogP contribution is -2.65. The van der Waals surface area contributed by atoms with E-state index in [9.17, 15) is 6.17 Å². The quantitative estimate of drug-likeness (QED) is 0.794. The highest BCUT2D eigenvalue weighted by molar-refractivity contribution is 5.89. The van der Waals surface area contributed by atoms with Crippen LogP contribution >= 0.6 is 0 Å². The van der Waals surface area contributed by atoms with E-state index >= 15 is 0 Å². The summed E-state index contributed by atoms with van der Waals surface area (Å²) in [6, 6.07) is 2.90. The summed E-state index contributed by atoms with van der Waals surface area (Å²) >= 11 is 0. The Bertz CT molecular complexity index is 813. The molecule has 2 bridgehead atoms. The van der Waals surface area contributed by atoms with Gasteiger partial charge in [0.1, 0.15) is 0 Å². The van der Waals surface area contributed by atoms with Crippen LogP contribution in [0.1, 0.15) is 34.5 Å². The van der Waals surface area contributed by atoms with E-state index in [4.69, 9.17) is 12.2 Å². The number of rotatable bonds is 1. The number of Topliss-reactive ketones (excluding diaryl/α,β-unsaturated/α-hetero) is 1. The molecule has 4 aliphatic rings. The predicted octanol–water partition coefficient (Wildman–Crippen LogP) is 1.93. The summed E-state index contributed by atoms with van der Waals surface area (Å²) in [5, 5.41) is 0. The molecule has 0 amide bonds. The fraction of sp³-hybridized carbons (Fsp3) is 0.611. The molecule has 2 fully saturated rings. The molecule has 116 valence electrons. The van der Waals surface area contributed by atoms with Crippen LogP contribution in [0.5, 0.6) is 11.5 Å². The first-order valence-electron chi connectivity index (χ1n) is 9.38. The Kier molecular flexibility index (Phi) is 1.89. The van der Waals surface area contributed by atoms with Crippen molar-refractivity contribution in [3.63, 3.8) is 0 Å². The van der Waals surface area contributed by atoms with E-state index in [0.717, 1.165) is 11.1 Å². The smallest absolute Gasteiger partial charge is 0.174 e. The number of methoxy groups -OCH3 is 1. The third-order valence-corrected chi connectivity index (χ3v) is 6.06. The molecule has 1 spiro atoms. The van der Waals surface area contributed by atoms with Crippen LogP contribution in [-0.2, 0) is 16.6 Å². The molecule has 4 nitrogen and oxygen atoms in total. The highest BCUT2D eigenvalue weighted by Crippen LogP contribution is 2.62. The van der Waals surface area contributed by atoms with Crippen LogP contribution in [-0.4, -0.2) is 43.5 Å². The van der Waals surface area contributed by atoms with E-state index in [-0.39, 0.29) is 12.3 Å². The number of nitrogens with zero attached hydrogens (tertiary/aromatic N) is 1. The van der Waals surface area contributed by atoms with Gasteiger partial charge in [-0.1, -0.05) is 6.07 Å². The number of likely N-dealkylation sites (tertiary alicyclic amines) is 1. The minimum absolute atomic E-state index is 0.0790. The highest BCUT2D eigenvalue weighted by atomic mass is 16.5. The van der Waals surface area contributed by atoms with Crippen LogP contribution in [0, 0.1) is 5.92 Å². The summed E-state index contributed by atoms with van der Waals surface area (Å²) < 4.78 is 37.3. The molecule has 4 atom stereocenters. The fourth-order valence-electron chi connectivity index (χ4n) is 5.08. The van der Waals surface area contributed by atoms with Crippen LogP contribution in [0.15, 0.2) is 12.1 Å². The number of carbonyl (C=O) groups is 1. The van der Waals surface area contributed by atoms with Gasteiger partial charge in [0, 0.05) is 27.5 Å². The van der Waals surface area contributed by atoms with Crippen molar-refractivity contribution in [3.05, 3.63) is 23.3 Å². The topological polar surface area (TPSA) is 38.8 Å². The van der Waals surface area contributed by atoms with Gasteiger partial charge in [-0.15, -0.1) is 0 Å². The van der Waals surface area contributed by atoms with Crippen LogP contribution < -0.4 is 9.47 Å². The molecule has 1 saturated heterocycles. The Balaban J connectivity index is 1.84. The van der Waals surface area contributed by atoms with E-state index in [1.165, 1.54) is 0 Å². The molecular weight excluding hydrogens is 278 g/mol. The van der Waals surface area contributed by atoms with Gasteiger partial charge in [-0.2, -0.15) is 0 Å². The number of hydrogen-bond acceptors (Lipinski definition) is 4. The second kappa shape index (κ2) is 4.05. The lowest BCUT2D eigenvalue weighted by molar-refractivity contribution is -0.138. The fourth-order valence-corrected chi connectivity index (χ4v) is 5.08. The molecule has 0 aromatic heterocycles. The van der Waals surface area contributed by atoms with Gasteiger partial charge in [0.25, 0.3) is 0 Å². The number of ether oxygens (including phenoxy) is 2. The van der Waals surface area contributed by atoms with Gasteiger partial charge >= 0.3 is 0 Å². The second-order valence-electron chi connectivity index (χ2n) is 6.81. The number of hydrogen-bond donors (Lipinski definition) is 0. The van der Waals surface area contributed by atoms with E-state index in [1.807, 2.05) is 24.1 Å². The first-order valence-corrected chi connectivity index (χ1v) is 7.88. The summed E-state index contributed by atoms with van der Waals surface area (Å²) in [5.41, 5.74) is 1.43. The minimum Gasteiger partial charge on any atom is -0.493 e. The molecule has 1 unspecified atom stereocenters. The summed E-state index contributed by atoms with van der Waals surface area (Å²) in [4.78, 5) is 15.0. The van der Waals surface area contributed by atoms with Gasteiger partial charge in [0.05, 0.1) is 7.11 Å². The summed E-state index contributed by atoms with van der Waals surface area (Å²) in [6.45, 7) is 0.701. The van der Waals surface area contributed by atoms with Crippen molar-refractivity contribution in [1.29, 1.82) is 0 Å². The third kappa shape index (κ3) is 1.27. The Labute approximate surface area is 134 Å². The minimum atomic E-state index is -1.96. The van der Waals surface area contributed by atoms with Gasteiger partial charge in [0.2, 0.25) is 0 Å². The van der Waals surface area contributed by atoms with E-state index in [1.54, 1.807) is 7.11 Å². The van der Waals surface area contributed by atoms with E-state index < -0.39 is 29.7 Å². The molecule has 4 heteroatoms. The average molecular weight is 302 g/mol. The number of carbonyl (C=O) groups excluding carboxylic acids is 1. The first-order chi connectivity index (χ1) is 11.8. The van der Waals surface area contributed by atoms with Crippen molar-refractivity contribution in [1.82, 2.24) is 4.90 Å². The van der Waals surface area contributed by atoms with Crippen LogP contribution in [0.3, 0.4) is 0 Å². The van der Waals surface area contributed by atoms with Gasteiger partial charge in [-0.25, -0.2) is 0 Å². The molecular formula is C18H21NO3. The number of likely N-dealkylation sites (N-methyl/N-ethyl adjacent to an activating group) is 1. The SMILES string of the molecule is [2H]C1([2H])C[C@@H]2[C@@]34CCN(C)[C@]2([2H])Cc2ccc(OC)c(c23)OC4C1=O. The molecule has 2 aliphatic heterocycles. The van der Waals surface area contributed by atoms with Gasteiger partial charge < -0.3 is 14.4 Å². The van der Waals surface area contributed by atoms with Gasteiger partial charge in [-0.3, -0.25) is 4.79 Å². The van der Waals surface area contributed by atoms with Crippen molar-refractivity contribution in [2.24, 2.45) is 5.92 Å². The van der Waals surface area contributed by atoms with Crippen LogP contribution in [0.2, 0.25) is 0 Å². The zero-order valence-electron chi connectivity index (χ0n) is 15.8. The average Bonchev–Trinajstić information content (AvgIpc) is 2.91. The lowest BCUT2D eigenvalue weighted by atomic mass is 9.52. The maximum atomic E-state index is 12.9.